The molecule has 0 radical (unpaired) electrons. The van der Waals surface area contributed by atoms with Crippen LogP contribution in [0.2, 0.25) is 0 Å². The Balaban J connectivity index is 1.85. The highest BCUT2D eigenvalue weighted by molar-refractivity contribution is 6.57. The van der Waals surface area contributed by atoms with Crippen molar-refractivity contribution in [3.63, 3.8) is 0 Å². The first-order valence-electron chi connectivity index (χ1n) is 6.51. The predicted octanol–water partition coefficient (Wildman–Crippen LogP) is 1.11. The van der Waals surface area contributed by atoms with E-state index in [0.29, 0.717) is 0 Å². The third-order valence-corrected chi connectivity index (χ3v) is 3.75. The number of alkyl halides is 2. The molecule has 1 aliphatic rings. The number of rotatable bonds is 3. The van der Waals surface area contributed by atoms with Gasteiger partial charge in [-0.1, -0.05) is 53.5 Å². The minimum absolute atomic E-state index is 0.186. The van der Waals surface area contributed by atoms with E-state index in [-0.39, 0.29) is 5.91 Å². The molecule has 0 unspecified atom stereocenters. The van der Waals surface area contributed by atoms with Gasteiger partial charge in [0.1, 0.15) is 6.54 Å². The molecule has 2 rings (SSSR count). The van der Waals surface area contributed by atoms with Crippen molar-refractivity contribution in [2.75, 3.05) is 26.2 Å². The lowest BCUT2D eigenvalue weighted by atomic mass is 10.2. The summed E-state index contributed by atoms with van der Waals surface area (Å²) in [5.74, 6) is -0.186. The average Bonchev–Trinajstić information content (AvgIpc) is 2.39. The van der Waals surface area contributed by atoms with Crippen LogP contribution in [0.1, 0.15) is 12.5 Å². The van der Waals surface area contributed by atoms with E-state index in [1.54, 1.807) is 4.90 Å². The third kappa shape index (κ3) is 4.10. The summed E-state index contributed by atoms with van der Waals surface area (Å²) in [6, 6.07) is 10.4. The maximum absolute atomic E-state index is 11.9. The molecule has 1 saturated heterocycles. The lowest BCUT2D eigenvalue weighted by Crippen LogP contribution is -3.13. The van der Waals surface area contributed by atoms with Gasteiger partial charge in [-0.05, 0) is 6.92 Å². The Morgan fingerprint density at radius 3 is 2.37 bits per heavy atom. The highest BCUT2D eigenvalue weighted by Gasteiger charge is 2.34. The number of piperazine rings is 1. The van der Waals surface area contributed by atoms with Gasteiger partial charge in [0.25, 0.3) is 5.91 Å². The fourth-order valence-electron chi connectivity index (χ4n) is 2.36. The van der Waals surface area contributed by atoms with Crippen molar-refractivity contribution in [2.45, 2.75) is 17.8 Å². The van der Waals surface area contributed by atoms with Crippen molar-refractivity contribution in [3.8, 4) is 0 Å². The molecule has 1 aromatic rings. The van der Waals surface area contributed by atoms with Crippen LogP contribution in [0.15, 0.2) is 30.3 Å². The molecular weight excluding hydrogens is 283 g/mol. The van der Waals surface area contributed by atoms with Crippen LogP contribution in [0.5, 0.6) is 0 Å². The van der Waals surface area contributed by atoms with Gasteiger partial charge in [0.05, 0.1) is 26.2 Å². The Bertz CT molecular complexity index is 423. The van der Waals surface area contributed by atoms with Crippen molar-refractivity contribution in [3.05, 3.63) is 35.9 Å². The molecular formula is C14H19Cl2N2O+. The van der Waals surface area contributed by atoms with Crippen molar-refractivity contribution in [2.24, 2.45) is 0 Å². The monoisotopic (exact) mass is 301 g/mol. The summed E-state index contributed by atoms with van der Waals surface area (Å²) in [5.41, 5.74) is 1.33. The van der Waals surface area contributed by atoms with Gasteiger partial charge in [-0.25, -0.2) is 0 Å². The summed E-state index contributed by atoms with van der Waals surface area (Å²) >= 11 is 11.7. The van der Waals surface area contributed by atoms with Gasteiger partial charge in [0.15, 0.2) is 4.33 Å². The van der Waals surface area contributed by atoms with Crippen LogP contribution in [-0.2, 0) is 11.3 Å². The molecule has 0 aromatic heterocycles. The number of hydrogen-bond acceptors (Lipinski definition) is 1. The Labute approximate surface area is 124 Å². The van der Waals surface area contributed by atoms with Gasteiger partial charge in [0, 0.05) is 5.56 Å². The second-order valence-corrected chi connectivity index (χ2v) is 6.80. The molecule has 1 aromatic carbocycles. The van der Waals surface area contributed by atoms with Crippen molar-refractivity contribution in [1.29, 1.82) is 0 Å². The minimum atomic E-state index is -1.31. The highest BCUT2D eigenvalue weighted by Crippen LogP contribution is 2.22. The number of hydrogen-bond donors (Lipinski definition) is 1. The number of amides is 1. The lowest BCUT2D eigenvalue weighted by Gasteiger charge is -2.34. The average molecular weight is 302 g/mol. The zero-order chi connectivity index (χ0) is 13.9. The molecule has 5 heteroatoms. The first-order valence-corrected chi connectivity index (χ1v) is 7.27. The summed E-state index contributed by atoms with van der Waals surface area (Å²) in [4.78, 5) is 15.2. The Morgan fingerprint density at radius 2 is 1.84 bits per heavy atom. The van der Waals surface area contributed by atoms with E-state index >= 15 is 0 Å². The van der Waals surface area contributed by atoms with Crippen LogP contribution in [0.3, 0.4) is 0 Å². The molecule has 0 atom stereocenters. The second-order valence-electron chi connectivity index (χ2n) is 5.09. The molecule has 1 fully saturated rings. The molecule has 0 saturated carbocycles. The second kappa shape index (κ2) is 6.12. The van der Waals surface area contributed by atoms with Crippen LogP contribution in [0.25, 0.3) is 0 Å². The molecule has 0 aliphatic carbocycles. The van der Waals surface area contributed by atoms with E-state index in [1.807, 2.05) is 6.07 Å². The van der Waals surface area contributed by atoms with Gasteiger partial charge >= 0.3 is 0 Å². The quantitative estimate of drug-likeness (QED) is 0.831. The summed E-state index contributed by atoms with van der Waals surface area (Å²) in [5, 5.41) is 0. The molecule has 1 amide bonds. The van der Waals surface area contributed by atoms with Gasteiger partial charge in [-0.2, -0.15) is 0 Å². The first-order chi connectivity index (χ1) is 8.97. The molecule has 3 nitrogen and oxygen atoms in total. The van der Waals surface area contributed by atoms with Crippen LogP contribution in [0, 0.1) is 0 Å². The molecule has 1 heterocycles. The van der Waals surface area contributed by atoms with E-state index in [0.717, 1.165) is 32.7 Å². The maximum Gasteiger partial charge on any atom is 0.259 e. The molecule has 0 spiro atoms. The summed E-state index contributed by atoms with van der Waals surface area (Å²) in [6.45, 7) is 5.84. The normalized spacial score (nSPS) is 17.5. The number of nitrogens with one attached hydrogen (secondary N) is 1. The maximum atomic E-state index is 11.9. The molecule has 1 aliphatic heterocycles. The summed E-state index contributed by atoms with van der Waals surface area (Å²) < 4.78 is -1.31. The van der Waals surface area contributed by atoms with Crippen LogP contribution < -0.4 is 4.90 Å². The van der Waals surface area contributed by atoms with Crippen molar-refractivity contribution >= 4 is 29.1 Å². The summed E-state index contributed by atoms with van der Waals surface area (Å²) in [6.07, 6.45) is 0. The minimum Gasteiger partial charge on any atom is -0.329 e. The van der Waals surface area contributed by atoms with Crippen molar-refractivity contribution < 1.29 is 9.69 Å². The van der Waals surface area contributed by atoms with E-state index in [4.69, 9.17) is 23.2 Å². The molecule has 0 bridgehead atoms. The molecule has 104 valence electrons. The van der Waals surface area contributed by atoms with E-state index in [9.17, 15) is 4.79 Å². The Morgan fingerprint density at radius 1 is 1.26 bits per heavy atom. The topological polar surface area (TPSA) is 24.8 Å². The van der Waals surface area contributed by atoms with Crippen LogP contribution >= 0.6 is 23.2 Å². The van der Waals surface area contributed by atoms with E-state index in [1.165, 1.54) is 17.4 Å². The summed E-state index contributed by atoms with van der Waals surface area (Å²) in [7, 11) is 0. The van der Waals surface area contributed by atoms with Gasteiger partial charge in [0.2, 0.25) is 0 Å². The van der Waals surface area contributed by atoms with Gasteiger partial charge in [-0.3, -0.25) is 4.79 Å². The number of carbonyl (C=O) groups is 1. The van der Waals surface area contributed by atoms with Gasteiger partial charge in [-0.15, -0.1) is 0 Å². The highest BCUT2D eigenvalue weighted by atomic mass is 35.5. The van der Waals surface area contributed by atoms with Gasteiger partial charge < -0.3 is 9.80 Å². The van der Waals surface area contributed by atoms with Crippen molar-refractivity contribution in [1.82, 2.24) is 4.90 Å². The fourth-order valence-corrected chi connectivity index (χ4v) is 2.60. The first kappa shape index (κ1) is 14.6. The zero-order valence-corrected chi connectivity index (χ0v) is 12.5. The van der Waals surface area contributed by atoms with Crippen LogP contribution in [0.4, 0.5) is 0 Å². The molecule has 1 N–H and O–H groups in total. The predicted molar refractivity (Wildman–Crippen MR) is 77.5 cm³/mol. The fraction of sp³-hybridized carbons (Fsp3) is 0.500. The Hall–Kier alpha value is -0.770. The zero-order valence-electron chi connectivity index (χ0n) is 11.0. The number of nitrogens with zero attached hydrogens (tertiary/aromatic N) is 1. The number of carbonyl (C=O) groups excluding carboxylic acids is 1. The molecule has 19 heavy (non-hydrogen) atoms. The largest absolute Gasteiger partial charge is 0.329 e. The number of quaternary nitrogens is 1. The lowest BCUT2D eigenvalue weighted by molar-refractivity contribution is -0.917. The van der Waals surface area contributed by atoms with Crippen LogP contribution in [-0.4, -0.2) is 41.3 Å². The van der Waals surface area contributed by atoms with E-state index < -0.39 is 4.33 Å². The Kier molecular flexibility index (Phi) is 4.71. The van der Waals surface area contributed by atoms with E-state index in [2.05, 4.69) is 24.3 Å². The third-order valence-electron chi connectivity index (χ3n) is 3.43. The smallest absolute Gasteiger partial charge is 0.259 e. The SMILES string of the molecule is CC(Cl)(Cl)C(=O)N1CC[NH+](Cc2ccccc2)CC1. The number of halogens is 2. The number of benzene rings is 1. The standard InChI is InChI=1S/C14H18Cl2N2O/c1-14(15,16)13(19)18-9-7-17(8-10-18)11-12-5-3-2-4-6-12/h2-6H,7-11H2,1H3/p+1.